The molecule has 0 heterocycles. The molecule has 0 amide bonds. The highest BCUT2D eigenvalue weighted by atomic mass is 16.1. The van der Waals surface area contributed by atoms with Gasteiger partial charge in [0, 0.05) is 19.0 Å². The van der Waals surface area contributed by atoms with Gasteiger partial charge in [-0.25, -0.2) is 0 Å². The van der Waals surface area contributed by atoms with Crippen LogP contribution in [0.25, 0.3) is 0 Å². The fraction of sp³-hybridized carbons (Fsp3) is 0.667. The Morgan fingerprint density at radius 3 is 1.67 bits per heavy atom. The molecule has 0 N–H and O–H groups in total. The Balaban J connectivity index is 0.000000640. The van der Waals surface area contributed by atoms with Crippen molar-refractivity contribution in [3.8, 4) is 0 Å². The molecule has 0 aromatic rings. The Bertz CT molecular complexity index is 117. The third-order valence-corrected chi connectivity index (χ3v) is 1.31. The van der Waals surface area contributed by atoms with E-state index in [4.69, 9.17) is 0 Å². The fourth-order valence-electron chi connectivity index (χ4n) is 0.879. The van der Waals surface area contributed by atoms with Crippen LogP contribution in [0.1, 0.15) is 25.7 Å². The van der Waals surface area contributed by atoms with Gasteiger partial charge in [-0.2, -0.15) is 0 Å². The first kappa shape index (κ1) is 8.30. The van der Waals surface area contributed by atoms with Crippen molar-refractivity contribution >= 4 is 11.6 Å². The van der Waals surface area contributed by atoms with Gasteiger partial charge in [0.2, 0.25) is 0 Å². The van der Waals surface area contributed by atoms with E-state index in [2.05, 4.69) is 0 Å². The number of ketones is 2. The molecule has 0 aliphatic heterocycles. The summed E-state index contributed by atoms with van der Waals surface area (Å²) in [5, 5.41) is 0. The summed E-state index contributed by atoms with van der Waals surface area (Å²) in [5.41, 5.74) is 0. The van der Waals surface area contributed by atoms with E-state index in [0.29, 0.717) is 12.8 Å². The fourth-order valence-corrected chi connectivity index (χ4v) is 0.879. The van der Waals surface area contributed by atoms with E-state index < -0.39 is 0 Å². The minimum absolute atomic E-state index is 0. The normalized spacial score (nSPS) is 19.1. The largest absolute Gasteiger partial charge is 0.299 e. The van der Waals surface area contributed by atoms with Crippen molar-refractivity contribution in [2.45, 2.75) is 25.7 Å². The molecule has 1 aliphatic carbocycles. The zero-order valence-corrected chi connectivity index (χ0v) is 5.09. The summed E-state index contributed by atoms with van der Waals surface area (Å²) in [6.07, 6.45) is 2.20. The molecule has 3 radical (unpaired) electrons. The van der Waals surface area contributed by atoms with Crippen molar-refractivity contribution in [3.63, 3.8) is 0 Å². The van der Waals surface area contributed by atoms with Gasteiger partial charge in [-0.1, -0.05) is 0 Å². The van der Waals surface area contributed by atoms with E-state index in [0.717, 1.165) is 6.42 Å². The molecule has 49 valence electrons. The van der Waals surface area contributed by atoms with Crippen molar-refractivity contribution < 1.29 is 9.59 Å². The molecule has 1 aliphatic rings. The van der Waals surface area contributed by atoms with Crippen LogP contribution in [0.4, 0.5) is 0 Å². The SMILES string of the molecule is O=C1CCCC(=O)C1.[N]. The van der Waals surface area contributed by atoms with E-state index in [9.17, 15) is 9.59 Å². The first-order valence-electron chi connectivity index (χ1n) is 2.82. The third kappa shape index (κ3) is 2.37. The highest BCUT2D eigenvalue weighted by molar-refractivity contribution is 6.01. The first-order valence-corrected chi connectivity index (χ1v) is 2.82. The summed E-state index contributed by atoms with van der Waals surface area (Å²) in [5.74, 6) is 0.225. The molecule has 0 unspecified atom stereocenters. The van der Waals surface area contributed by atoms with E-state index in [-0.39, 0.29) is 24.1 Å². The predicted octanol–water partition coefficient (Wildman–Crippen LogP) is 0.218. The van der Waals surface area contributed by atoms with Crippen molar-refractivity contribution in [2.75, 3.05) is 0 Å². The van der Waals surface area contributed by atoms with Gasteiger partial charge in [0.05, 0.1) is 6.42 Å². The Kier molecular flexibility index (Phi) is 3.09. The highest BCUT2D eigenvalue weighted by Crippen LogP contribution is 2.09. The maximum absolute atomic E-state index is 10.5. The Morgan fingerprint density at radius 2 is 1.44 bits per heavy atom. The Labute approximate surface area is 54.0 Å². The van der Waals surface area contributed by atoms with Gasteiger partial charge in [0.1, 0.15) is 11.6 Å². The number of hydrogen-bond acceptors (Lipinski definition) is 2. The molecule has 0 aromatic heterocycles. The second-order valence-electron chi connectivity index (χ2n) is 2.11. The van der Waals surface area contributed by atoms with Crippen LogP contribution in [0, 0.1) is 0 Å². The summed E-state index contributed by atoms with van der Waals surface area (Å²) in [7, 11) is 0. The van der Waals surface area contributed by atoms with Gasteiger partial charge in [-0.3, -0.25) is 9.59 Å². The Morgan fingerprint density at radius 1 is 1.00 bits per heavy atom. The monoisotopic (exact) mass is 126 g/mol. The van der Waals surface area contributed by atoms with Gasteiger partial charge in [0.25, 0.3) is 0 Å². The van der Waals surface area contributed by atoms with Crippen LogP contribution in [0.3, 0.4) is 0 Å². The lowest BCUT2D eigenvalue weighted by Gasteiger charge is -2.04. The summed E-state index contributed by atoms with van der Waals surface area (Å²) >= 11 is 0. The maximum Gasteiger partial charge on any atom is 0.140 e. The van der Waals surface area contributed by atoms with Crippen molar-refractivity contribution in [1.29, 1.82) is 0 Å². The Hall–Kier alpha value is -0.700. The number of Topliss-reactive ketones (excluding diaryl/α,β-unsaturated/α-hetero) is 2. The quantitative estimate of drug-likeness (QED) is 0.436. The van der Waals surface area contributed by atoms with Crippen LogP contribution in [-0.4, -0.2) is 11.6 Å². The molecule has 0 aromatic carbocycles. The predicted molar refractivity (Wildman–Crippen MR) is 30.6 cm³/mol. The molecule has 0 bridgehead atoms. The molecule has 0 atom stereocenters. The third-order valence-electron chi connectivity index (χ3n) is 1.31. The second kappa shape index (κ2) is 3.35. The highest BCUT2D eigenvalue weighted by Gasteiger charge is 2.14. The molecule has 1 saturated carbocycles. The molecule has 3 heteroatoms. The average Bonchev–Trinajstić information content (AvgIpc) is 1.64. The minimum Gasteiger partial charge on any atom is -0.299 e. The zero-order chi connectivity index (χ0) is 5.98. The average molecular weight is 126 g/mol. The van der Waals surface area contributed by atoms with E-state index in [1.165, 1.54) is 0 Å². The number of carbonyl (C=O) groups excluding carboxylic acids is 2. The van der Waals surface area contributed by atoms with E-state index >= 15 is 0 Å². The second-order valence-corrected chi connectivity index (χ2v) is 2.11. The van der Waals surface area contributed by atoms with Crippen molar-refractivity contribution in [3.05, 3.63) is 0 Å². The standard InChI is InChI=1S/C6H8O2.N/c7-5-2-1-3-6(8)4-5;/h1-4H2;. The van der Waals surface area contributed by atoms with Gasteiger partial charge in [0.15, 0.2) is 0 Å². The number of rotatable bonds is 0. The number of hydrogen-bond donors (Lipinski definition) is 0. The lowest BCUT2D eigenvalue weighted by atomic mass is 9.98. The van der Waals surface area contributed by atoms with Gasteiger partial charge >= 0.3 is 0 Å². The topological polar surface area (TPSA) is 64.6 Å². The molecule has 1 rings (SSSR count). The van der Waals surface area contributed by atoms with Crippen LogP contribution >= 0.6 is 0 Å². The lowest BCUT2D eigenvalue weighted by molar-refractivity contribution is -0.129. The minimum atomic E-state index is 0. The van der Waals surface area contributed by atoms with Gasteiger partial charge < -0.3 is 0 Å². The molecular formula is C6H8NO2. The van der Waals surface area contributed by atoms with Crippen LogP contribution in [0.15, 0.2) is 0 Å². The summed E-state index contributed by atoms with van der Waals surface area (Å²) in [6, 6.07) is 0. The van der Waals surface area contributed by atoms with Crippen LogP contribution in [-0.2, 0) is 9.59 Å². The van der Waals surface area contributed by atoms with Crippen LogP contribution in [0.5, 0.6) is 0 Å². The van der Waals surface area contributed by atoms with Crippen molar-refractivity contribution in [1.82, 2.24) is 6.15 Å². The summed E-state index contributed by atoms with van der Waals surface area (Å²) < 4.78 is 0. The molecule has 9 heavy (non-hydrogen) atoms. The van der Waals surface area contributed by atoms with Gasteiger partial charge in [-0.15, -0.1) is 0 Å². The number of carbonyl (C=O) groups is 2. The van der Waals surface area contributed by atoms with Crippen molar-refractivity contribution in [2.24, 2.45) is 0 Å². The summed E-state index contributed by atoms with van der Waals surface area (Å²) in [6.45, 7) is 0. The summed E-state index contributed by atoms with van der Waals surface area (Å²) in [4.78, 5) is 20.9. The molecule has 3 nitrogen and oxygen atoms in total. The van der Waals surface area contributed by atoms with Crippen LogP contribution < -0.4 is 6.15 Å². The smallest absolute Gasteiger partial charge is 0.140 e. The van der Waals surface area contributed by atoms with E-state index in [1.807, 2.05) is 0 Å². The lowest BCUT2D eigenvalue weighted by Crippen LogP contribution is -2.13. The zero-order valence-electron chi connectivity index (χ0n) is 5.09. The van der Waals surface area contributed by atoms with Gasteiger partial charge in [-0.05, 0) is 6.42 Å². The molecule has 0 saturated heterocycles. The first-order chi connectivity index (χ1) is 3.79. The maximum atomic E-state index is 10.5. The van der Waals surface area contributed by atoms with E-state index in [1.54, 1.807) is 0 Å². The molecule has 0 spiro atoms. The van der Waals surface area contributed by atoms with Crippen LogP contribution in [0.2, 0.25) is 0 Å². The molecular weight excluding hydrogens is 118 g/mol. The molecule has 1 fully saturated rings. The number of nitrogens with zero attached hydrogens (tertiary/aromatic N) is 1.